The van der Waals surface area contributed by atoms with Crippen molar-refractivity contribution in [3.05, 3.63) is 94.0 Å². The van der Waals surface area contributed by atoms with E-state index in [1.54, 1.807) is 19.2 Å². The molecular formula is C25H27N3O4. The summed E-state index contributed by atoms with van der Waals surface area (Å²) in [7, 11) is 1.62. The van der Waals surface area contributed by atoms with Crippen LogP contribution in [0.4, 0.5) is 11.4 Å². The van der Waals surface area contributed by atoms with E-state index in [1.807, 2.05) is 48.5 Å². The molecule has 0 unspecified atom stereocenters. The Hall–Kier alpha value is -3.87. The van der Waals surface area contributed by atoms with E-state index >= 15 is 0 Å². The summed E-state index contributed by atoms with van der Waals surface area (Å²) in [5, 5.41) is 15.5. The lowest BCUT2D eigenvalue weighted by atomic mass is 10.0. The lowest BCUT2D eigenvalue weighted by Crippen LogP contribution is -2.07. The van der Waals surface area contributed by atoms with Gasteiger partial charge in [-0.15, -0.1) is 0 Å². The van der Waals surface area contributed by atoms with E-state index in [0.717, 1.165) is 29.0 Å². The van der Waals surface area contributed by atoms with Crippen LogP contribution in [-0.2, 0) is 0 Å². The smallest absolute Gasteiger partial charge is 0.269 e. The average molecular weight is 434 g/mol. The van der Waals surface area contributed by atoms with E-state index in [2.05, 4.69) is 24.4 Å². The lowest BCUT2D eigenvalue weighted by Gasteiger charge is -2.12. The van der Waals surface area contributed by atoms with Crippen LogP contribution in [0.15, 0.2) is 77.9 Å². The molecule has 0 saturated heterocycles. The maximum absolute atomic E-state index is 10.9. The van der Waals surface area contributed by atoms with Gasteiger partial charge in [0, 0.05) is 23.3 Å². The Morgan fingerprint density at radius 3 is 2.34 bits per heavy atom. The first-order chi connectivity index (χ1) is 15.5. The second-order valence-electron chi connectivity index (χ2n) is 7.66. The topological polar surface area (TPSA) is 86.0 Å². The molecule has 1 N–H and O–H groups in total. The van der Waals surface area contributed by atoms with Crippen molar-refractivity contribution in [1.82, 2.24) is 0 Å². The molecule has 0 aliphatic rings. The van der Waals surface area contributed by atoms with Crippen molar-refractivity contribution < 1.29 is 14.4 Å². The molecule has 0 radical (unpaired) electrons. The Bertz CT molecular complexity index is 1060. The predicted molar refractivity (Wildman–Crippen MR) is 127 cm³/mol. The van der Waals surface area contributed by atoms with Gasteiger partial charge in [-0.3, -0.25) is 15.5 Å². The Morgan fingerprint density at radius 1 is 1.00 bits per heavy atom. The van der Waals surface area contributed by atoms with E-state index in [-0.39, 0.29) is 5.69 Å². The second-order valence-corrected chi connectivity index (χ2v) is 7.66. The van der Waals surface area contributed by atoms with Gasteiger partial charge in [0.1, 0.15) is 11.5 Å². The van der Waals surface area contributed by atoms with Crippen LogP contribution in [0, 0.1) is 16.0 Å². The first-order valence-corrected chi connectivity index (χ1v) is 10.4. The molecular weight excluding hydrogens is 406 g/mol. The number of anilines is 1. The zero-order valence-corrected chi connectivity index (χ0v) is 18.4. The molecule has 3 aromatic rings. The molecule has 3 aromatic carbocycles. The zero-order chi connectivity index (χ0) is 22.9. The second kappa shape index (κ2) is 10.9. The van der Waals surface area contributed by atoms with Crippen molar-refractivity contribution in [2.45, 2.75) is 20.3 Å². The number of hydrazone groups is 1. The zero-order valence-electron chi connectivity index (χ0n) is 18.4. The van der Waals surface area contributed by atoms with E-state index in [1.165, 1.54) is 12.1 Å². The summed E-state index contributed by atoms with van der Waals surface area (Å²) >= 11 is 0. The van der Waals surface area contributed by atoms with Gasteiger partial charge in [0.2, 0.25) is 0 Å². The molecule has 3 rings (SSSR count). The van der Waals surface area contributed by atoms with Crippen LogP contribution in [0.25, 0.3) is 0 Å². The SMILES string of the molecule is COc1cccc(/C(=N/Nc2ccc([N+](=O)[O-])cc2)c2ccc(OCCC(C)C)cc2)c1. The van der Waals surface area contributed by atoms with E-state index in [9.17, 15) is 10.1 Å². The fourth-order valence-corrected chi connectivity index (χ4v) is 2.97. The number of nitro groups is 1. The van der Waals surface area contributed by atoms with Crippen LogP contribution < -0.4 is 14.9 Å². The minimum absolute atomic E-state index is 0.0283. The number of benzene rings is 3. The van der Waals surface area contributed by atoms with Crippen LogP contribution in [-0.4, -0.2) is 24.4 Å². The minimum Gasteiger partial charge on any atom is -0.497 e. The van der Waals surface area contributed by atoms with E-state index in [4.69, 9.17) is 9.47 Å². The van der Waals surface area contributed by atoms with Crippen molar-refractivity contribution in [1.29, 1.82) is 0 Å². The molecule has 0 aliphatic heterocycles. The number of hydrogen-bond acceptors (Lipinski definition) is 6. The summed E-state index contributed by atoms with van der Waals surface area (Å²) in [6, 6.07) is 21.5. The highest BCUT2D eigenvalue weighted by Gasteiger charge is 2.10. The van der Waals surface area contributed by atoms with Crippen molar-refractivity contribution in [3.63, 3.8) is 0 Å². The first kappa shape index (κ1) is 22.8. The Balaban J connectivity index is 1.86. The highest BCUT2D eigenvalue weighted by molar-refractivity contribution is 6.13. The standard InChI is InChI=1S/C25H27N3O4/c1-18(2)15-16-32-23-13-7-19(8-14-23)25(20-5-4-6-24(17-20)31-3)27-26-21-9-11-22(12-10-21)28(29)30/h4-14,17-18,26H,15-16H2,1-3H3/b27-25+. The third-order valence-electron chi connectivity index (χ3n) is 4.81. The summed E-state index contributed by atoms with van der Waals surface area (Å²) in [4.78, 5) is 10.4. The molecule has 0 fully saturated rings. The number of hydrogen-bond donors (Lipinski definition) is 1. The molecule has 0 bridgehead atoms. The third-order valence-corrected chi connectivity index (χ3v) is 4.81. The average Bonchev–Trinajstić information content (AvgIpc) is 2.80. The summed E-state index contributed by atoms with van der Waals surface area (Å²) in [5.41, 5.74) is 6.14. The fraction of sp³-hybridized carbons (Fsp3) is 0.240. The molecule has 0 spiro atoms. The fourth-order valence-electron chi connectivity index (χ4n) is 2.97. The van der Waals surface area contributed by atoms with Crippen molar-refractivity contribution in [2.24, 2.45) is 11.0 Å². The number of non-ortho nitro benzene ring substituents is 1. The van der Waals surface area contributed by atoms with E-state index in [0.29, 0.717) is 23.9 Å². The van der Waals surface area contributed by atoms with Crippen LogP contribution in [0.3, 0.4) is 0 Å². The van der Waals surface area contributed by atoms with Crippen LogP contribution >= 0.6 is 0 Å². The summed E-state index contributed by atoms with van der Waals surface area (Å²) in [6.45, 7) is 5.01. The number of nitrogens with zero attached hydrogens (tertiary/aromatic N) is 2. The highest BCUT2D eigenvalue weighted by atomic mass is 16.6. The number of nitro benzene ring substituents is 1. The van der Waals surface area contributed by atoms with Crippen LogP contribution in [0.1, 0.15) is 31.4 Å². The number of nitrogens with one attached hydrogen (secondary N) is 1. The number of ether oxygens (including phenoxy) is 2. The highest BCUT2D eigenvalue weighted by Crippen LogP contribution is 2.21. The largest absolute Gasteiger partial charge is 0.497 e. The monoisotopic (exact) mass is 433 g/mol. The molecule has 0 saturated carbocycles. The Kier molecular flexibility index (Phi) is 7.80. The normalized spacial score (nSPS) is 11.3. The molecule has 0 aliphatic carbocycles. The quantitative estimate of drug-likeness (QED) is 0.245. The number of methoxy groups -OCH3 is 1. The molecule has 32 heavy (non-hydrogen) atoms. The Labute approximate surface area is 187 Å². The van der Waals surface area contributed by atoms with Crippen LogP contribution in [0.2, 0.25) is 0 Å². The third kappa shape index (κ3) is 6.31. The minimum atomic E-state index is -0.431. The van der Waals surface area contributed by atoms with Gasteiger partial charge in [0.05, 0.1) is 30.0 Å². The molecule has 0 atom stereocenters. The van der Waals surface area contributed by atoms with Crippen LogP contribution in [0.5, 0.6) is 11.5 Å². The van der Waals surface area contributed by atoms with Gasteiger partial charge in [-0.1, -0.05) is 26.0 Å². The maximum atomic E-state index is 10.9. The summed E-state index contributed by atoms with van der Waals surface area (Å²) in [5.74, 6) is 2.12. The van der Waals surface area contributed by atoms with Crippen molar-refractivity contribution >= 4 is 17.1 Å². The number of rotatable bonds is 10. The van der Waals surface area contributed by atoms with Gasteiger partial charge in [-0.2, -0.15) is 5.10 Å². The van der Waals surface area contributed by atoms with Crippen molar-refractivity contribution in [3.8, 4) is 11.5 Å². The molecule has 7 nitrogen and oxygen atoms in total. The first-order valence-electron chi connectivity index (χ1n) is 10.4. The molecule has 7 heteroatoms. The summed E-state index contributed by atoms with van der Waals surface area (Å²) in [6.07, 6.45) is 0.997. The molecule has 166 valence electrons. The van der Waals surface area contributed by atoms with Gasteiger partial charge in [0.15, 0.2) is 0 Å². The maximum Gasteiger partial charge on any atom is 0.269 e. The summed E-state index contributed by atoms with van der Waals surface area (Å²) < 4.78 is 11.2. The van der Waals surface area contributed by atoms with Gasteiger partial charge < -0.3 is 9.47 Å². The molecule has 0 heterocycles. The van der Waals surface area contributed by atoms with Crippen molar-refractivity contribution in [2.75, 3.05) is 19.1 Å². The van der Waals surface area contributed by atoms with Gasteiger partial charge in [-0.25, -0.2) is 0 Å². The van der Waals surface area contributed by atoms with Gasteiger partial charge in [0.25, 0.3) is 5.69 Å². The van der Waals surface area contributed by atoms with E-state index < -0.39 is 4.92 Å². The lowest BCUT2D eigenvalue weighted by molar-refractivity contribution is -0.384. The predicted octanol–water partition coefficient (Wildman–Crippen LogP) is 5.89. The Morgan fingerprint density at radius 2 is 1.72 bits per heavy atom. The molecule has 0 aromatic heterocycles. The van der Waals surface area contributed by atoms with Gasteiger partial charge in [-0.05, 0) is 60.9 Å². The molecule has 0 amide bonds. The van der Waals surface area contributed by atoms with Gasteiger partial charge >= 0.3 is 0 Å².